The van der Waals surface area contributed by atoms with E-state index in [1.54, 1.807) is 25.4 Å². The smallest absolute Gasteiger partial charge is 0.223 e. The van der Waals surface area contributed by atoms with Gasteiger partial charge < -0.3 is 4.57 Å². The van der Waals surface area contributed by atoms with E-state index in [9.17, 15) is 14.9 Å². The molecular weight excluding hydrogens is 330 g/mol. The summed E-state index contributed by atoms with van der Waals surface area (Å²) in [5, 5.41) is 16.1. The molecule has 0 aliphatic carbocycles. The molecule has 0 saturated heterocycles. The number of benzene rings is 1. The minimum atomic E-state index is -1.47. The van der Waals surface area contributed by atoms with E-state index in [0.717, 1.165) is 16.7 Å². The Morgan fingerprint density at radius 2 is 1.96 bits per heavy atom. The highest BCUT2D eigenvalue weighted by Crippen LogP contribution is 2.22. The third-order valence-electron chi connectivity index (χ3n) is 4.34. The molecule has 7 heteroatoms. The lowest BCUT2D eigenvalue weighted by molar-refractivity contribution is 0.0835. The van der Waals surface area contributed by atoms with Crippen LogP contribution in [-0.2, 0) is 7.05 Å². The maximum absolute atomic E-state index is 12.6. The van der Waals surface area contributed by atoms with Crippen LogP contribution in [0.3, 0.4) is 0 Å². The Hall–Kier alpha value is -3.53. The van der Waals surface area contributed by atoms with Gasteiger partial charge >= 0.3 is 0 Å². The third kappa shape index (κ3) is 3.05. The number of nitriles is 1. The molecule has 0 aliphatic rings. The van der Waals surface area contributed by atoms with Crippen LogP contribution in [0.25, 0.3) is 11.3 Å². The number of aromatic amines is 1. The van der Waals surface area contributed by atoms with E-state index in [0.29, 0.717) is 5.69 Å². The SMILES string of the molecule is Cc1ccc(-c2cc(C(=O)[C@@H](C#N)C(=O)c3nccn3C)[nH]n2)cc1C. The first-order valence-electron chi connectivity index (χ1n) is 8.00. The summed E-state index contributed by atoms with van der Waals surface area (Å²) < 4.78 is 1.48. The number of carbonyl (C=O) groups is 2. The first-order valence-corrected chi connectivity index (χ1v) is 8.00. The van der Waals surface area contributed by atoms with Crippen molar-refractivity contribution in [1.29, 1.82) is 5.26 Å². The lowest BCUT2D eigenvalue weighted by atomic mass is 9.97. The molecule has 3 aromatic rings. The fraction of sp³-hybridized carbons (Fsp3) is 0.211. The predicted molar refractivity (Wildman–Crippen MR) is 94.5 cm³/mol. The molecule has 1 aromatic carbocycles. The van der Waals surface area contributed by atoms with Crippen LogP contribution in [0.5, 0.6) is 0 Å². The van der Waals surface area contributed by atoms with Gasteiger partial charge in [-0.15, -0.1) is 0 Å². The largest absolute Gasteiger partial charge is 0.332 e. The van der Waals surface area contributed by atoms with Gasteiger partial charge in [0, 0.05) is 25.0 Å². The molecule has 0 bridgehead atoms. The maximum atomic E-state index is 12.6. The topological polar surface area (TPSA) is 104 Å². The van der Waals surface area contributed by atoms with E-state index in [1.807, 2.05) is 32.0 Å². The van der Waals surface area contributed by atoms with E-state index in [-0.39, 0.29) is 11.5 Å². The minimum Gasteiger partial charge on any atom is -0.332 e. The van der Waals surface area contributed by atoms with Crippen molar-refractivity contribution in [2.24, 2.45) is 13.0 Å². The summed E-state index contributed by atoms with van der Waals surface area (Å²) in [5.41, 5.74) is 3.82. The van der Waals surface area contributed by atoms with Gasteiger partial charge in [0.2, 0.25) is 11.6 Å². The highest BCUT2D eigenvalue weighted by Gasteiger charge is 2.32. The van der Waals surface area contributed by atoms with Crippen LogP contribution >= 0.6 is 0 Å². The number of aromatic nitrogens is 4. The molecule has 1 atom stereocenters. The Morgan fingerprint density at radius 3 is 2.58 bits per heavy atom. The minimum absolute atomic E-state index is 0.0683. The molecule has 1 N–H and O–H groups in total. The molecule has 0 saturated carbocycles. The number of hydrogen-bond donors (Lipinski definition) is 1. The molecule has 0 fully saturated rings. The molecule has 2 heterocycles. The Morgan fingerprint density at radius 1 is 1.19 bits per heavy atom. The van der Waals surface area contributed by atoms with Crippen LogP contribution in [0.15, 0.2) is 36.7 Å². The lowest BCUT2D eigenvalue weighted by Gasteiger charge is -2.05. The summed E-state index contributed by atoms with van der Waals surface area (Å²) >= 11 is 0. The van der Waals surface area contributed by atoms with Crippen molar-refractivity contribution in [3.63, 3.8) is 0 Å². The average molecular weight is 347 g/mol. The third-order valence-corrected chi connectivity index (χ3v) is 4.34. The van der Waals surface area contributed by atoms with Crippen LogP contribution in [0.4, 0.5) is 0 Å². The molecule has 0 amide bonds. The number of nitrogens with one attached hydrogen (secondary N) is 1. The van der Waals surface area contributed by atoms with Gasteiger partial charge in [0.25, 0.3) is 0 Å². The molecule has 26 heavy (non-hydrogen) atoms. The molecule has 3 rings (SSSR count). The number of hydrogen-bond acceptors (Lipinski definition) is 5. The molecule has 2 aromatic heterocycles. The van der Waals surface area contributed by atoms with E-state index in [1.165, 1.54) is 10.8 Å². The normalized spacial score (nSPS) is 11.8. The van der Waals surface area contributed by atoms with Gasteiger partial charge in [-0.25, -0.2) is 4.98 Å². The van der Waals surface area contributed by atoms with E-state index >= 15 is 0 Å². The van der Waals surface area contributed by atoms with Gasteiger partial charge in [-0.3, -0.25) is 14.7 Å². The van der Waals surface area contributed by atoms with Gasteiger partial charge in [0.05, 0.1) is 11.8 Å². The number of carbonyl (C=O) groups excluding carboxylic acids is 2. The standard InChI is InChI=1S/C19H17N5O2/c1-11-4-5-13(8-12(11)2)15-9-16(23-22-15)17(25)14(10-20)18(26)19-21-6-7-24(19)3/h4-9,14H,1-3H3,(H,22,23)/t14-/m1/s1. The van der Waals surface area contributed by atoms with Gasteiger partial charge in [0.1, 0.15) is 5.69 Å². The molecular formula is C19H17N5O2. The number of rotatable bonds is 5. The number of imidazole rings is 1. The highest BCUT2D eigenvalue weighted by atomic mass is 16.2. The molecule has 7 nitrogen and oxygen atoms in total. The fourth-order valence-electron chi connectivity index (χ4n) is 2.62. The number of nitrogens with zero attached hydrogens (tertiary/aromatic N) is 4. The second kappa shape index (κ2) is 6.76. The zero-order valence-corrected chi connectivity index (χ0v) is 14.6. The predicted octanol–water partition coefficient (Wildman–Crippen LogP) is 2.63. The van der Waals surface area contributed by atoms with Crippen LogP contribution in [0, 0.1) is 31.1 Å². The monoisotopic (exact) mass is 347 g/mol. The van der Waals surface area contributed by atoms with Gasteiger partial charge in [-0.2, -0.15) is 10.4 Å². The Balaban J connectivity index is 1.89. The molecule has 0 unspecified atom stereocenters. The summed E-state index contributed by atoms with van der Waals surface area (Å²) in [6.45, 7) is 4.01. The summed E-state index contributed by atoms with van der Waals surface area (Å²) in [7, 11) is 1.63. The molecule has 0 spiro atoms. The van der Waals surface area contributed by atoms with Crippen LogP contribution in [0.1, 0.15) is 32.2 Å². The summed E-state index contributed by atoms with van der Waals surface area (Å²) in [6, 6.07) is 9.20. The first kappa shape index (κ1) is 17.3. The zero-order valence-electron chi connectivity index (χ0n) is 14.6. The number of H-pyrrole nitrogens is 1. The summed E-state index contributed by atoms with van der Waals surface area (Å²) in [4.78, 5) is 29.0. The zero-order chi connectivity index (χ0) is 18.8. The van der Waals surface area contributed by atoms with Crippen molar-refractivity contribution in [3.05, 3.63) is 59.3 Å². The second-order valence-electron chi connectivity index (χ2n) is 6.12. The average Bonchev–Trinajstić information content (AvgIpc) is 3.27. The van der Waals surface area contributed by atoms with E-state index < -0.39 is 17.5 Å². The Labute approximate surface area is 150 Å². The van der Waals surface area contributed by atoms with Gasteiger partial charge in [0.15, 0.2) is 11.7 Å². The van der Waals surface area contributed by atoms with Crippen molar-refractivity contribution < 1.29 is 9.59 Å². The van der Waals surface area contributed by atoms with Crippen LogP contribution in [0.2, 0.25) is 0 Å². The van der Waals surface area contributed by atoms with E-state index in [4.69, 9.17) is 0 Å². The second-order valence-corrected chi connectivity index (χ2v) is 6.12. The number of aryl methyl sites for hydroxylation is 3. The van der Waals surface area contributed by atoms with Crippen LogP contribution < -0.4 is 0 Å². The Kier molecular flexibility index (Phi) is 4.50. The summed E-state index contributed by atoms with van der Waals surface area (Å²) in [5.74, 6) is -2.65. The van der Waals surface area contributed by atoms with Gasteiger partial charge in [-0.1, -0.05) is 12.1 Å². The van der Waals surface area contributed by atoms with Crippen molar-refractivity contribution in [2.45, 2.75) is 13.8 Å². The number of ketones is 2. The first-order chi connectivity index (χ1) is 12.4. The van der Waals surface area contributed by atoms with Gasteiger partial charge in [-0.05, 0) is 37.1 Å². The van der Waals surface area contributed by atoms with Crippen molar-refractivity contribution in [3.8, 4) is 17.3 Å². The highest BCUT2D eigenvalue weighted by molar-refractivity contribution is 6.16. The maximum Gasteiger partial charge on any atom is 0.223 e. The Bertz CT molecular complexity index is 1040. The van der Waals surface area contributed by atoms with E-state index in [2.05, 4.69) is 15.2 Å². The lowest BCUT2D eigenvalue weighted by Crippen LogP contribution is -2.25. The van der Waals surface area contributed by atoms with Crippen molar-refractivity contribution in [2.75, 3.05) is 0 Å². The fourth-order valence-corrected chi connectivity index (χ4v) is 2.62. The van der Waals surface area contributed by atoms with Crippen molar-refractivity contribution in [1.82, 2.24) is 19.7 Å². The number of Topliss-reactive ketones (excluding diaryl/α,β-unsaturated/α-hetero) is 2. The molecule has 0 radical (unpaired) electrons. The van der Waals surface area contributed by atoms with Crippen LogP contribution in [-0.4, -0.2) is 31.3 Å². The molecule has 0 aliphatic heterocycles. The quantitative estimate of drug-likeness (QED) is 0.564. The molecule has 130 valence electrons. The summed E-state index contributed by atoms with van der Waals surface area (Å²) in [6.07, 6.45) is 3.03. The van der Waals surface area contributed by atoms with Crippen molar-refractivity contribution >= 4 is 11.6 Å².